The van der Waals surface area contributed by atoms with E-state index in [2.05, 4.69) is 15.3 Å². The summed E-state index contributed by atoms with van der Waals surface area (Å²) in [7, 11) is 1.40. The average Bonchev–Trinajstić information content (AvgIpc) is 2.25. The second-order valence-corrected chi connectivity index (χ2v) is 3.06. The van der Waals surface area contributed by atoms with E-state index in [1.807, 2.05) is 6.92 Å². The highest BCUT2D eigenvalue weighted by Crippen LogP contribution is 2.13. The van der Waals surface area contributed by atoms with Crippen molar-refractivity contribution in [1.29, 1.82) is 0 Å². The highest BCUT2D eigenvalue weighted by Gasteiger charge is 2.09. The van der Waals surface area contributed by atoms with Gasteiger partial charge in [-0.2, -0.15) is 0 Å². The Hall–Kier alpha value is -1.56. The average molecular weight is 213 g/mol. The zero-order valence-electron chi connectivity index (χ0n) is 8.78. The fourth-order valence-electron chi connectivity index (χ4n) is 1.06. The summed E-state index contributed by atoms with van der Waals surface area (Å²) in [6.07, 6.45) is 1.46. The van der Waals surface area contributed by atoms with Gasteiger partial charge in [0.15, 0.2) is 5.82 Å². The molecule has 1 atom stereocenters. The molecule has 1 rings (SSSR count). The standard InChI is InChI=1S/C9H15N3O3/c1-3-6(13)4-10-8-7(15-2)9(14)12-5-11-8/h5-6,13H,3-4H2,1-2H3,(H2,10,11,12,14). The molecule has 0 aliphatic heterocycles. The molecule has 3 N–H and O–H groups in total. The fourth-order valence-corrected chi connectivity index (χ4v) is 1.06. The van der Waals surface area contributed by atoms with E-state index < -0.39 is 6.10 Å². The van der Waals surface area contributed by atoms with Gasteiger partial charge in [0, 0.05) is 6.54 Å². The van der Waals surface area contributed by atoms with Crippen LogP contribution in [0.3, 0.4) is 0 Å². The number of anilines is 1. The number of H-pyrrole nitrogens is 1. The van der Waals surface area contributed by atoms with Gasteiger partial charge >= 0.3 is 0 Å². The predicted octanol–water partition coefficient (Wildman–Crippen LogP) is -0.0387. The lowest BCUT2D eigenvalue weighted by Crippen LogP contribution is -2.21. The Morgan fingerprint density at radius 2 is 2.47 bits per heavy atom. The van der Waals surface area contributed by atoms with Crippen molar-refractivity contribution < 1.29 is 9.84 Å². The van der Waals surface area contributed by atoms with Crippen molar-refractivity contribution >= 4 is 5.82 Å². The molecule has 0 aliphatic rings. The molecule has 0 saturated carbocycles. The molecule has 0 bridgehead atoms. The Labute approximate surface area is 87.3 Å². The molecular weight excluding hydrogens is 198 g/mol. The minimum Gasteiger partial charge on any atom is -0.489 e. The highest BCUT2D eigenvalue weighted by molar-refractivity contribution is 5.47. The fraction of sp³-hybridized carbons (Fsp3) is 0.556. The van der Waals surface area contributed by atoms with Crippen molar-refractivity contribution in [2.45, 2.75) is 19.4 Å². The quantitative estimate of drug-likeness (QED) is 0.639. The van der Waals surface area contributed by atoms with Crippen LogP contribution in [-0.2, 0) is 0 Å². The molecule has 1 aromatic rings. The van der Waals surface area contributed by atoms with Gasteiger partial charge in [0.25, 0.3) is 5.56 Å². The first-order valence-corrected chi connectivity index (χ1v) is 4.72. The van der Waals surface area contributed by atoms with Crippen LogP contribution in [0.15, 0.2) is 11.1 Å². The van der Waals surface area contributed by atoms with Crippen LogP contribution in [0.4, 0.5) is 5.82 Å². The van der Waals surface area contributed by atoms with Crippen molar-refractivity contribution in [3.8, 4) is 5.75 Å². The van der Waals surface area contributed by atoms with E-state index in [0.717, 1.165) is 0 Å². The summed E-state index contributed by atoms with van der Waals surface area (Å²) in [6, 6.07) is 0. The molecule has 0 saturated heterocycles. The van der Waals surface area contributed by atoms with Crippen LogP contribution >= 0.6 is 0 Å². The minimum absolute atomic E-state index is 0.126. The molecule has 0 aromatic carbocycles. The number of hydrogen-bond donors (Lipinski definition) is 3. The summed E-state index contributed by atoms with van der Waals surface area (Å²) in [4.78, 5) is 17.6. The third-order valence-electron chi connectivity index (χ3n) is 1.99. The first kappa shape index (κ1) is 11.5. The first-order valence-electron chi connectivity index (χ1n) is 4.72. The van der Waals surface area contributed by atoms with Crippen molar-refractivity contribution in [3.63, 3.8) is 0 Å². The monoisotopic (exact) mass is 213 g/mol. The van der Waals surface area contributed by atoms with Gasteiger partial charge in [0.2, 0.25) is 5.75 Å². The predicted molar refractivity (Wildman–Crippen MR) is 56.2 cm³/mol. The van der Waals surface area contributed by atoms with Gasteiger partial charge in [-0.25, -0.2) is 4.98 Å². The van der Waals surface area contributed by atoms with Crippen molar-refractivity contribution in [1.82, 2.24) is 9.97 Å². The van der Waals surface area contributed by atoms with E-state index in [0.29, 0.717) is 18.8 Å². The van der Waals surface area contributed by atoms with Gasteiger partial charge in [-0.3, -0.25) is 4.79 Å². The maximum Gasteiger partial charge on any atom is 0.295 e. The molecular formula is C9H15N3O3. The second-order valence-electron chi connectivity index (χ2n) is 3.06. The topological polar surface area (TPSA) is 87.2 Å². The van der Waals surface area contributed by atoms with E-state index in [4.69, 9.17) is 4.74 Å². The molecule has 0 amide bonds. The SMILES string of the molecule is CCC(O)CNc1nc[nH]c(=O)c1OC. The molecule has 0 aliphatic carbocycles. The van der Waals surface area contributed by atoms with Gasteiger partial charge in [-0.05, 0) is 6.42 Å². The number of methoxy groups -OCH3 is 1. The Bertz CT molecular complexity index is 364. The second kappa shape index (κ2) is 5.35. The molecule has 1 unspecified atom stereocenters. The largest absolute Gasteiger partial charge is 0.489 e. The summed E-state index contributed by atoms with van der Waals surface area (Å²) >= 11 is 0. The molecule has 1 aromatic heterocycles. The number of aliphatic hydroxyl groups is 1. The van der Waals surface area contributed by atoms with Gasteiger partial charge < -0.3 is 20.1 Å². The van der Waals surface area contributed by atoms with Crippen LogP contribution in [-0.4, -0.2) is 34.8 Å². The molecule has 6 nitrogen and oxygen atoms in total. The number of nitrogens with zero attached hydrogens (tertiary/aromatic N) is 1. The number of aromatic nitrogens is 2. The molecule has 84 valence electrons. The molecule has 6 heteroatoms. The lowest BCUT2D eigenvalue weighted by molar-refractivity contribution is 0.183. The molecule has 15 heavy (non-hydrogen) atoms. The first-order chi connectivity index (χ1) is 7.19. The van der Waals surface area contributed by atoms with E-state index in [1.54, 1.807) is 0 Å². The van der Waals surface area contributed by atoms with Gasteiger partial charge in [-0.15, -0.1) is 0 Å². The Balaban J connectivity index is 2.76. The zero-order valence-corrected chi connectivity index (χ0v) is 8.78. The van der Waals surface area contributed by atoms with Crippen LogP contribution in [0.25, 0.3) is 0 Å². The van der Waals surface area contributed by atoms with Gasteiger partial charge in [0.1, 0.15) is 0 Å². The maximum absolute atomic E-state index is 11.3. The smallest absolute Gasteiger partial charge is 0.295 e. The van der Waals surface area contributed by atoms with Crippen LogP contribution in [0.1, 0.15) is 13.3 Å². The number of aromatic amines is 1. The summed E-state index contributed by atoms with van der Waals surface area (Å²) in [5, 5.41) is 12.2. The number of aliphatic hydroxyl groups excluding tert-OH is 1. The normalized spacial score (nSPS) is 12.2. The van der Waals surface area contributed by atoms with Crippen molar-refractivity contribution in [2.75, 3.05) is 19.0 Å². The maximum atomic E-state index is 11.3. The Morgan fingerprint density at radius 1 is 1.73 bits per heavy atom. The lowest BCUT2D eigenvalue weighted by Gasteiger charge is -2.11. The van der Waals surface area contributed by atoms with Crippen LogP contribution in [0.2, 0.25) is 0 Å². The summed E-state index contributed by atoms with van der Waals surface area (Å²) < 4.78 is 4.89. The van der Waals surface area contributed by atoms with Crippen LogP contribution in [0, 0.1) is 0 Å². The van der Waals surface area contributed by atoms with E-state index in [-0.39, 0.29) is 11.3 Å². The van der Waals surface area contributed by atoms with E-state index >= 15 is 0 Å². The number of nitrogens with one attached hydrogen (secondary N) is 2. The van der Waals surface area contributed by atoms with E-state index in [1.165, 1.54) is 13.4 Å². The lowest BCUT2D eigenvalue weighted by atomic mass is 10.3. The number of ether oxygens (including phenoxy) is 1. The molecule has 0 fully saturated rings. The third-order valence-corrected chi connectivity index (χ3v) is 1.99. The molecule has 1 heterocycles. The summed E-state index contributed by atoms with van der Waals surface area (Å²) in [6.45, 7) is 2.21. The van der Waals surface area contributed by atoms with Crippen molar-refractivity contribution in [2.24, 2.45) is 0 Å². The Morgan fingerprint density at radius 3 is 3.07 bits per heavy atom. The van der Waals surface area contributed by atoms with Crippen LogP contribution < -0.4 is 15.6 Å². The molecule has 0 radical (unpaired) electrons. The summed E-state index contributed by atoms with van der Waals surface area (Å²) in [5.41, 5.74) is -0.346. The number of hydrogen-bond acceptors (Lipinski definition) is 5. The summed E-state index contributed by atoms with van der Waals surface area (Å²) in [5.74, 6) is 0.467. The molecule has 0 spiro atoms. The van der Waals surface area contributed by atoms with E-state index in [9.17, 15) is 9.90 Å². The third kappa shape index (κ3) is 2.95. The number of rotatable bonds is 5. The van der Waals surface area contributed by atoms with Gasteiger partial charge in [0.05, 0.1) is 19.5 Å². The van der Waals surface area contributed by atoms with Gasteiger partial charge in [-0.1, -0.05) is 6.92 Å². The highest BCUT2D eigenvalue weighted by atomic mass is 16.5. The Kier molecular flexibility index (Phi) is 4.11. The van der Waals surface area contributed by atoms with Crippen LogP contribution in [0.5, 0.6) is 5.75 Å². The zero-order chi connectivity index (χ0) is 11.3. The van der Waals surface area contributed by atoms with Crippen molar-refractivity contribution in [3.05, 3.63) is 16.7 Å². The minimum atomic E-state index is -0.462.